The van der Waals surface area contributed by atoms with Crippen molar-refractivity contribution in [3.05, 3.63) is 23.8 Å². The second kappa shape index (κ2) is 7.88. The molecule has 0 aromatic heterocycles. The number of amides is 2. The fourth-order valence-corrected chi connectivity index (χ4v) is 2.28. The Morgan fingerprint density at radius 1 is 1.23 bits per heavy atom. The van der Waals surface area contributed by atoms with E-state index in [4.69, 9.17) is 9.47 Å². The van der Waals surface area contributed by atoms with Gasteiger partial charge < -0.3 is 19.7 Å². The molecule has 0 heterocycles. The van der Waals surface area contributed by atoms with Gasteiger partial charge in [-0.3, -0.25) is 0 Å². The van der Waals surface area contributed by atoms with Gasteiger partial charge in [-0.2, -0.15) is 0 Å². The summed E-state index contributed by atoms with van der Waals surface area (Å²) in [6, 6.07) is 5.06. The van der Waals surface area contributed by atoms with Gasteiger partial charge in [-0.25, -0.2) is 13.2 Å². The van der Waals surface area contributed by atoms with Crippen molar-refractivity contribution < 1.29 is 22.7 Å². The summed E-state index contributed by atoms with van der Waals surface area (Å²) >= 11 is 0. The van der Waals surface area contributed by atoms with E-state index in [0.717, 1.165) is 11.8 Å². The Balaban J connectivity index is 2.60. The van der Waals surface area contributed by atoms with Gasteiger partial charge >= 0.3 is 6.03 Å². The molecule has 0 unspecified atom stereocenters. The Bertz CT molecular complexity index is 616. The molecule has 22 heavy (non-hydrogen) atoms. The van der Waals surface area contributed by atoms with Crippen LogP contribution in [0, 0.1) is 0 Å². The van der Waals surface area contributed by atoms with E-state index in [1.807, 2.05) is 6.07 Å². The van der Waals surface area contributed by atoms with Gasteiger partial charge in [0.05, 0.1) is 20.0 Å². The number of nitrogens with one attached hydrogen (secondary N) is 1. The zero-order valence-corrected chi connectivity index (χ0v) is 14.1. The Kier molecular flexibility index (Phi) is 6.48. The Morgan fingerprint density at radius 2 is 1.86 bits per heavy atom. The summed E-state index contributed by atoms with van der Waals surface area (Å²) in [5, 5.41) is 2.56. The van der Waals surface area contributed by atoms with E-state index in [1.54, 1.807) is 33.4 Å². The molecule has 0 atom stereocenters. The number of hydrogen-bond acceptors (Lipinski definition) is 5. The van der Waals surface area contributed by atoms with Crippen LogP contribution in [0.5, 0.6) is 11.5 Å². The molecule has 1 rings (SSSR count). The van der Waals surface area contributed by atoms with E-state index in [9.17, 15) is 13.2 Å². The summed E-state index contributed by atoms with van der Waals surface area (Å²) in [5.74, 6) is 1.13. The largest absolute Gasteiger partial charge is 0.493 e. The van der Waals surface area contributed by atoms with Crippen molar-refractivity contribution >= 4 is 15.9 Å². The predicted octanol–water partition coefficient (Wildman–Crippen LogP) is 0.890. The number of benzene rings is 1. The van der Waals surface area contributed by atoms with E-state index in [-0.39, 0.29) is 18.3 Å². The number of sulfone groups is 1. The summed E-state index contributed by atoms with van der Waals surface area (Å²) in [4.78, 5) is 13.3. The lowest BCUT2D eigenvalue weighted by Crippen LogP contribution is -2.38. The first-order chi connectivity index (χ1) is 10.3. The van der Waals surface area contributed by atoms with Crippen molar-refractivity contribution in [1.82, 2.24) is 10.2 Å². The Hall–Kier alpha value is -1.96. The van der Waals surface area contributed by atoms with Gasteiger partial charge in [0, 0.05) is 26.4 Å². The summed E-state index contributed by atoms with van der Waals surface area (Å²) in [6.45, 7) is 0.457. The highest BCUT2D eigenvalue weighted by Gasteiger charge is 2.12. The van der Waals surface area contributed by atoms with E-state index < -0.39 is 9.84 Å². The van der Waals surface area contributed by atoms with Gasteiger partial charge in [0.2, 0.25) is 0 Å². The number of nitrogens with zero attached hydrogens (tertiary/aromatic N) is 1. The first-order valence-corrected chi connectivity index (χ1v) is 8.70. The van der Waals surface area contributed by atoms with E-state index in [1.165, 1.54) is 4.90 Å². The molecule has 0 aliphatic carbocycles. The minimum Gasteiger partial charge on any atom is -0.493 e. The van der Waals surface area contributed by atoms with Crippen molar-refractivity contribution in [1.29, 1.82) is 0 Å². The van der Waals surface area contributed by atoms with Crippen LogP contribution in [-0.4, -0.2) is 59.2 Å². The molecule has 0 spiro atoms. The first kappa shape index (κ1) is 18.1. The third-order valence-corrected chi connectivity index (χ3v) is 3.91. The molecule has 2 amide bonds. The molecule has 0 radical (unpaired) electrons. The number of ether oxygens (including phenoxy) is 2. The first-order valence-electron chi connectivity index (χ1n) is 6.64. The molecule has 0 bridgehead atoms. The smallest absolute Gasteiger partial charge is 0.317 e. The van der Waals surface area contributed by atoms with Gasteiger partial charge in [-0.05, 0) is 17.7 Å². The topological polar surface area (TPSA) is 84.9 Å². The number of methoxy groups -OCH3 is 2. The van der Waals surface area contributed by atoms with Crippen molar-refractivity contribution in [3.8, 4) is 11.5 Å². The molecule has 0 saturated carbocycles. The molecule has 0 aliphatic heterocycles. The lowest BCUT2D eigenvalue weighted by atomic mass is 10.2. The maximum absolute atomic E-state index is 11.9. The molecule has 1 aromatic carbocycles. The number of carbonyl (C=O) groups excluding carboxylic acids is 1. The van der Waals surface area contributed by atoms with Crippen LogP contribution in [0.1, 0.15) is 5.56 Å². The van der Waals surface area contributed by atoms with Crippen LogP contribution in [0.3, 0.4) is 0 Å². The number of carbonyl (C=O) groups is 1. The molecule has 1 N–H and O–H groups in total. The highest BCUT2D eigenvalue weighted by molar-refractivity contribution is 7.90. The normalized spacial score (nSPS) is 10.9. The summed E-state index contributed by atoms with van der Waals surface area (Å²) < 4.78 is 32.4. The fraction of sp³-hybridized carbons (Fsp3) is 0.500. The highest BCUT2D eigenvalue weighted by atomic mass is 32.2. The van der Waals surface area contributed by atoms with Crippen LogP contribution < -0.4 is 14.8 Å². The van der Waals surface area contributed by atoms with Gasteiger partial charge in [-0.1, -0.05) is 6.07 Å². The minimum atomic E-state index is -3.08. The van der Waals surface area contributed by atoms with E-state index >= 15 is 0 Å². The third kappa shape index (κ3) is 5.80. The molecule has 0 fully saturated rings. The molecule has 0 saturated heterocycles. The van der Waals surface area contributed by atoms with Crippen LogP contribution in [0.25, 0.3) is 0 Å². The zero-order valence-electron chi connectivity index (χ0n) is 13.3. The number of rotatable bonds is 7. The standard InChI is InChI=1S/C14H22N2O5S/c1-16(14(17)15-7-8-22(4,18)19)10-11-5-6-12(20-2)13(9-11)21-3/h5-6,9H,7-8,10H2,1-4H3,(H,15,17). The zero-order chi connectivity index (χ0) is 16.8. The van der Waals surface area contributed by atoms with Crippen molar-refractivity contribution in [2.45, 2.75) is 6.54 Å². The van der Waals surface area contributed by atoms with Crippen LogP contribution in [0.4, 0.5) is 4.79 Å². The van der Waals surface area contributed by atoms with Crippen LogP contribution in [0.15, 0.2) is 18.2 Å². The van der Waals surface area contributed by atoms with Crippen LogP contribution >= 0.6 is 0 Å². The van der Waals surface area contributed by atoms with E-state index in [0.29, 0.717) is 18.0 Å². The maximum Gasteiger partial charge on any atom is 0.317 e. The average Bonchev–Trinajstić information content (AvgIpc) is 2.45. The molecule has 7 nitrogen and oxygen atoms in total. The summed E-state index contributed by atoms with van der Waals surface area (Å²) in [5.41, 5.74) is 0.874. The fourth-order valence-electron chi connectivity index (χ4n) is 1.80. The summed E-state index contributed by atoms with van der Waals surface area (Å²) in [7, 11) is 1.65. The SMILES string of the molecule is COc1ccc(CN(C)C(=O)NCCS(C)(=O)=O)cc1OC. The second-order valence-corrected chi connectivity index (χ2v) is 7.17. The van der Waals surface area contributed by atoms with Crippen LogP contribution in [0.2, 0.25) is 0 Å². The monoisotopic (exact) mass is 330 g/mol. The molecular formula is C14H22N2O5S. The molecule has 124 valence electrons. The van der Waals surface area contributed by atoms with Gasteiger partial charge in [-0.15, -0.1) is 0 Å². The lowest BCUT2D eigenvalue weighted by Gasteiger charge is -2.18. The van der Waals surface area contributed by atoms with Gasteiger partial charge in [0.1, 0.15) is 9.84 Å². The quantitative estimate of drug-likeness (QED) is 0.802. The molecule has 0 aliphatic rings. The van der Waals surface area contributed by atoms with Gasteiger partial charge in [0.15, 0.2) is 11.5 Å². The van der Waals surface area contributed by atoms with Gasteiger partial charge in [0.25, 0.3) is 0 Å². The van der Waals surface area contributed by atoms with Crippen molar-refractivity contribution in [2.24, 2.45) is 0 Å². The van der Waals surface area contributed by atoms with Crippen LogP contribution in [-0.2, 0) is 16.4 Å². The highest BCUT2D eigenvalue weighted by Crippen LogP contribution is 2.27. The van der Waals surface area contributed by atoms with Crippen molar-refractivity contribution in [3.63, 3.8) is 0 Å². The second-order valence-electron chi connectivity index (χ2n) is 4.91. The summed E-state index contributed by atoms with van der Waals surface area (Å²) in [6.07, 6.45) is 1.13. The predicted molar refractivity (Wildman–Crippen MR) is 84.1 cm³/mol. The molecule has 1 aromatic rings. The molecule has 8 heteroatoms. The third-order valence-electron chi connectivity index (χ3n) is 2.96. The lowest BCUT2D eigenvalue weighted by molar-refractivity contribution is 0.207. The van der Waals surface area contributed by atoms with Crippen molar-refractivity contribution in [2.75, 3.05) is 39.8 Å². The Morgan fingerprint density at radius 3 is 2.41 bits per heavy atom. The van der Waals surface area contributed by atoms with E-state index in [2.05, 4.69) is 5.32 Å². The number of urea groups is 1. The number of hydrogen-bond donors (Lipinski definition) is 1. The minimum absolute atomic E-state index is 0.0804. The Labute approximate surface area is 131 Å². The average molecular weight is 330 g/mol. The molecular weight excluding hydrogens is 308 g/mol. The maximum atomic E-state index is 11.9.